The minimum Gasteiger partial charge on any atom is -0.491 e. The molecule has 0 bridgehead atoms. The zero-order chi connectivity index (χ0) is 22.4. The van der Waals surface area contributed by atoms with E-state index < -0.39 is 5.91 Å². The van der Waals surface area contributed by atoms with Gasteiger partial charge in [0.1, 0.15) is 17.3 Å². The van der Waals surface area contributed by atoms with Crippen LogP contribution in [0.15, 0.2) is 36.5 Å². The molecule has 1 aromatic carbocycles. The molecule has 3 N–H and O–H groups in total. The molecule has 3 rings (SSSR count). The average molecular weight is 427 g/mol. The van der Waals surface area contributed by atoms with Crippen LogP contribution in [0.25, 0.3) is 0 Å². The number of hydrogen-bond acceptors (Lipinski definition) is 6. The summed E-state index contributed by atoms with van der Waals surface area (Å²) in [6.45, 7) is 10.7. The van der Waals surface area contributed by atoms with E-state index in [4.69, 9.17) is 15.2 Å². The fourth-order valence-corrected chi connectivity index (χ4v) is 3.82. The SMILES string of the molecule is CC(C)Oc1cc(CN(c2ccc(C(N)=O)cn2)C2CCNCC2)cc(OC(C)C)c1. The number of nitrogens with zero attached hydrogens (tertiary/aromatic N) is 2. The lowest BCUT2D eigenvalue weighted by Crippen LogP contribution is -2.43. The van der Waals surface area contributed by atoms with Gasteiger partial charge in [-0.3, -0.25) is 4.79 Å². The highest BCUT2D eigenvalue weighted by molar-refractivity contribution is 5.92. The smallest absolute Gasteiger partial charge is 0.250 e. The number of amides is 1. The number of carbonyl (C=O) groups excluding carboxylic acids is 1. The van der Waals surface area contributed by atoms with Crippen molar-refractivity contribution in [3.8, 4) is 11.5 Å². The van der Waals surface area contributed by atoms with Crippen molar-refractivity contribution >= 4 is 11.7 Å². The molecule has 0 atom stereocenters. The number of nitrogens with two attached hydrogens (primary N) is 1. The van der Waals surface area contributed by atoms with Crippen molar-refractivity contribution < 1.29 is 14.3 Å². The first-order valence-corrected chi connectivity index (χ1v) is 11.0. The molecule has 168 valence electrons. The van der Waals surface area contributed by atoms with E-state index in [2.05, 4.69) is 27.3 Å². The van der Waals surface area contributed by atoms with Crippen LogP contribution in [-0.4, -0.2) is 42.2 Å². The van der Waals surface area contributed by atoms with Gasteiger partial charge in [-0.1, -0.05) is 0 Å². The van der Waals surface area contributed by atoms with Gasteiger partial charge >= 0.3 is 0 Å². The highest BCUT2D eigenvalue weighted by Crippen LogP contribution is 2.29. The molecule has 1 fully saturated rings. The van der Waals surface area contributed by atoms with Gasteiger partial charge < -0.3 is 25.4 Å². The van der Waals surface area contributed by atoms with Crippen LogP contribution in [0, 0.1) is 0 Å². The molecular formula is C24H34N4O3. The van der Waals surface area contributed by atoms with Crippen LogP contribution < -0.4 is 25.4 Å². The van der Waals surface area contributed by atoms with E-state index in [0.717, 1.165) is 48.8 Å². The molecule has 7 nitrogen and oxygen atoms in total. The Labute approximate surface area is 184 Å². The predicted molar refractivity (Wildman–Crippen MR) is 123 cm³/mol. The van der Waals surface area contributed by atoms with Gasteiger partial charge in [-0.2, -0.15) is 0 Å². The Hall–Kier alpha value is -2.80. The van der Waals surface area contributed by atoms with Gasteiger partial charge in [0.05, 0.1) is 17.8 Å². The lowest BCUT2D eigenvalue weighted by Gasteiger charge is -2.36. The van der Waals surface area contributed by atoms with Crippen LogP contribution >= 0.6 is 0 Å². The van der Waals surface area contributed by atoms with E-state index in [0.29, 0.717) is 18.2 Å². The molecule has 2 aromatic rings. The molecule has 7 heteroatoms. The summed E-state index contributed by atoms with van der Waals surface area (Å²) in [4.78, 5) is 18.3. The van der Waals surface area contributed by atoms with Crippen LogP contribution in [0.3, 0.4) is 0 Å². The molecule has 0 unspecified atom stereocenters. The number of primary amides is 1. The number of aromatic nitrogens is 1. The maximum Gasteiger partial charge on any atom is 0.250 e. The third kappa shape index (κ3) is 6.59. The summed E-state index contributed by atoms with van der Waals surface area (Å²) >= 11 is 0. The Morgan fingerprint density at radius 3 is 2.19 bits per heavy atom. The fraction of sp³-hybridized carbons (Fsp3) is 0.500. The minimum atomic E-state index is -0.471. The largest absolute Gasteiger partial charge is 0.491 e. The molecule has 1 saturated heterocycles. The van der Waals surface area contributed by atoms with Crippen molar-refractivity contribution in [2.45, 2.75) is 65.3 Å². The lowest BCUT2D eigenvalue weighted by molar-refractivity contribution is 0.1000. The summed E-state index contributed by atoms with van der Waals surface area (Å²) in [5.74, 6) is 1.95. The number of nitrogens with one attached hydrogen (secondary N) is 1. The van der Waals surface area contributed by atoms with Crippen LogP contribution in [-0.2, 0) is 6.54 Å². The second-order valence-electron chi connectivity index (χ2n) is 8.52. The van der Waals surface area contributed by atoms with Gasteiger partial charge in [-0.05, 0) is 83.5 Å². The number of pyridine rings is 1. The summed E-state index contributed by atoms with van der Waals surface area (Å²) in [6, 6.07) is 10.0. The molecule has 2 heterocycles. The summed E-state index contributed by atoms with van der Waals surface area (Å²) in [5.41, 5.74) is 6.89. The molecule has 1 amide bonds. The van der Waals surface area contributed by atoms with E-state index in [1.165, 1.54) is 0 Å². The monoisotopic (exact) mass is 426 g/mol. The first-order valence-electron chi connectivity index (χ1n) is 11.0. The molecule has 1 aliphatic heterocycles. The van der Waals surface area contributed by atoms with Gasteiger partial charge in [0, 0.05) is 24.8 Å². The maximum atomic E-state index is 11.5. The fourth-order valence-electron chi connectivity index (χ4n) is 3.82. The Morgan fingerprint density at radius 2 is 1.71 bits per heavy atom. The highest BCUT2D eigenvalue weighted by atomic mass is 16.5. The van der Waals surface area contributed by atoms with Crippen LogP contribution in [0.5, 0.6) is 11.5 Å². The van der Waals surface area contributed by atoms with Crippen molar-refractivity contribution in [3.05, 3.63) is 47.7 Å². The van der Waals surface area contributed by atoms with E-state index >= 15 is 0 Å². The minimum absolute atomic E-state index is 0.0747. The zero-order valence-electron chi connectivity index (χ0n) is 18.9. The normalized spacial score (nSPS) is 14.6. The third-order valence-electron chi connectivity index (χ3n) is 5.11. The Bertz CT molecular complexity index is 833. The van der Waals surface area contributed by atoms with Crippen LogP contribution in [0.2, 0.25) is 0 Å². The number of anilines is 1. The summed E-state index contributed by atoms with van der Waals surface area (Å²) in [6.07, 6.45) is 3.75. The molecule has 0 spiro atoms. The van der Waals surface area contributed by atoms with Crippen molar-refractivity contribution in [1.29, 1.82) is 0 Å². The summed E-state index contributed by atoms with van der Waals surface area (Å²) < 4.78 is 12.0. The number of hydrogen-bond donors (Lipinski definition) is 2. The van der Waals surface area contributed by atoms with Gasteiger partial charge in [0.2, 0.25) is 5.91 Å². The second-order valence-corrected chi connectivity index (χ2v) is 8.52. The predicted octanol–water partition coefficient (Wildman–Crippen LogP) is 3.51. The van der Waals surface area contributed by atoms with Crippen molar-refractivity contribution in [2.75, 3.05) is 18.0 Å². The average Bonchev–Trinajstić information content (AvgIpc) is 2.71. The molecule has 0 radical (unpaired) electrons. The Balaban J connectivity index is 1.93. The van der Waals surface area contributed by atoms with Crippen molar-refractivity contribution in [1.82, 2.24) is 10.3 Å². The number of benzene rings is 1. The van der Waals surface area contributed by atoms with E-state index in [-0.39, 0.29) is 12.2 Å². The lowest BCUT2D eigenvalue weighted by atomic mass is 10.0. The van der Waals surface area contributed by atoms with E-state index in [1.54, 1.807) is 12.3 Å². The van der Waals surface area contributed by atoms with E-state index in [1.807, 2.05) is 39.8 Å². The number of rotatable bonds is 9. The highest BCUT2D eigenvalue weighted by Gasteiger charge is 2.23. The van der Waals surface area contributed by atoms with Gasteiger partial charge in [0.15, 0.2) is 0 Å². The number of carbonyl (C=O) groups is 1. The second kappa shape index (κ2) is 10.5. The van der Waals surface area contributed by atoms with Crippen LogP contribution in [0.4, 0.5) is 5.82 Å². The molecular weight excluding hydrogens is 392 g/mol. The molecule has 1 aliphatic rings. The summed E-state index contributed by atoms with van der Waals surface area (Å²) in [5, 5.41) is 3.42. The van der Waals surface area contributed by atoms with Gasteiger partial charge in [-0.15, -0.1) is 0 Å². The zero-order valence-corrected chi connectivity index (χ0v) is 18.9. The van der Waals surface area contributed by atoms with Gasteiger partial charge in [-0.25, -0.2) is 4.98 Å². The van der Waals surface area contributed by atoms with Crippen molar-refractivity contribution in [2.24, 2.45) is 5.73 Å². The standard InChI is InChI=1S/C24H34N4O3/c1-16(2)30-21-11-18(12-22(13-21)31-17(3)4)15-28(20-7-9-26-10-8-20)23-6-5-19(14-27-23)24(25)29/h5-6,11-14,16-17,20,26H,7-10,15H2,1-4H3,(H2,25,29). The number of piperidine rings is 1. The van der Waals surface area contributed by atoms with Crippen LogP contribution in [0.1, 0.15) is 56.5 Å². The molecule has 0 saturated carbocycles. The summed E-state index contributed by atoms with van der Waals surface area (Å²) in [7, 11) is 0. The maximum absolute atomic E-state index is 11.5. The molecule has 1 aromatic heterocycles. The topological polar surface area (TPSA) is 89.7 Å². The Morgan fingerprint density at radius 1 is 1.10 bits per heavy atom. The number of ether oxygens (including phenoxy) is 2. The molecule has 0 aliphatic carbocycles. The third-order valence-corrected chi connectivity index (χ3v) is 5.11. The Kier molecular flexibility index (Phi) is 7.74. The quantitative estimate of drug-likeness (QED) is 0.638. The van der Waals surface area contributed by atoms with E-state index in [9.17, 15) is 4.79 Å². The molecule has 31 heavy (non-hydrogen) atoms. The van der Waals surface area contributed by atoms with Crippen molar-refractivity contribution in [3.63, 3.8) is 0 Å². The van der Waals surface area contributed by atoms with Gasteiger partial charge in [0.25, 0.3) is 0 Å². The first-order chi connectivity index (χ1) is 14.8. The first kappa shape index (κ1) is 22.9.